The summed E-state index contributed by atoms with van der Waals surface area (Å²) in [6, 6.07) is 0. The molecule has 0 nitrogen and oxygen atoms in total. The molecule has 1 fully saturated rings. The Kier molecular flexibility index (Phi) is 7.88. The molecule has 0 aliphatic heterocycles. The summed E-state index contributed by atoms with van der Waals surface area (Å²) in [5, 5.41) is 0. The molecule has 0 radical (unpaired) electrons. The maximum Gasteiger partial charge on any atom is 0.108 e. The van der Waals surface area contributed by atoms with Crippen LogP contribution in [0.25, 0.3) is 0 Å². The minimum atomic E-state index is -0.889. The third-order valence-electron chi connectivity index (χ3n) is 4.15. The minimum Gasteiger partial charge on any atom is -0.244 e. The van der Waals surface area contributed by atoms with Gasteiger partial charge in [0.15, 0.2) is 0 Å². The number of hydrogen-bond acceptors (Lipinski definition) is 0. The first-order chi connectivity index (χ1) is 8.21. The van der Waals surface area contributed by atoms with Gasteiger partial charge in [-0.05, 0) is 19.8 Å². The van der Waals surface area contributed by atoms with Crippen LogP contribution in [0.3, 0.4) is 0 Å². The van der Waals surface area contributed by atoms with Crippen molar-refractivity contribution in [3.8, 4) is 0 Å². The molecule has 0 aromatic rings. The van der Waals surface area contributed by atoms with E-state index in [9.17, 15) is 4.39 Å². The minimum absolute atomic E-state index is 0.785. The molecule has 0 heterocycles. The first kappa shape index (κ1) is 15.0. The first-order valence-corrected chi connectivity index (χ1v) is 7.90. The predicted octanol–water partition coefficient (Wildman–Crippen LogP) is 6.19. The van der Waals surface area contributed by atoms with Crippen molar-refractivity contribution in [3.05, 3.63) is 0 Å². The summed E-state index contributed by atoms with van der Waals surface area (Å²) in [6.45, 7) is 1.81. The smallest absolute Gasteiger partial charge is 0.108 e. The highest BCUT2D eigenvalue weighted by atomic mass is 19.1. The third kappa shape index (κ3) is 8.63. The summed E-state index contributed by atoms with van der Waals surface area (Å²) >= 11 is 0. The van der Waals surface area contributed by atoms with Crippen LogP contribution in [0.2, 0.25) is 0 Å². The summed E-state index contributed by atoms with van der Waals surface area (Å²) in [6.07, 6.45) is 17.2. The zero-order valence-corrected chi connectivity index (χ0v) is 11.8. The summed E-state index contributed by atoms with van der Waals surface area (Å²) in [4.78, 5) is 0. The maximum atomic E-state index is 14.1. The second kappa shape index (κ2) is 8.94. The fourth-order valence-corrected chi connectivity index (χ4v) is 2.88. The van der Waals surface area contributed by atoms with Crippen LogP contribution in [0.4, 0.5) is 4.39 Å². The van der Waals surface area contributed by atoms with Crippen molar-refractivity contribution in [3.63, 3.8) is 0 Å². The summed E-state index contributed by atoms with van der Waals surface area (Å²) in [5.74, 6) is 0. The topological polar surface area (TPSA) is 0 Å². The Hall–Kier alpha value is -0.0700. The lowest BCUT2D eigenvalue weighted by Crippen LogP contribution is -2.17. The van der Waals surface area contributed by atoms with E-state index in [2.05, 4.69) is 0 Å². The molecule has 0 saturated heterocycles. The van der Waals surface area contributed by atoms with Gasteiger partial charge < -0.3 is 0 Å². The monoisotopic (exact) mass is 242 g/mol. The number of hydrogen-bond donors (Lipinski definition) is 0. The number of rotatable bonds is 0. The zero-order valence-electron chi connectivity index (χ0n) is 11.8. The standard InChI is InChI=1S/C16H31F/c1-16(17)14-12-10-8-6-4-2-3-5-7-9-11-13-15-16/h2-15H2,1H3. The highest BCUT2D eigenvalue weighted by Crippen LogP contribution is 2.27. The fourth-order valence-electron chi connectivity index (χ4n) is 2.88. The molecule has 0 atom stereocenters. The van der Waals surface area contributed by atoms with E-state index in [4.69, 9.17) is 0 Å². The van der Waals surface area contributed by atoms with Crippen LogP contribution in [-0.4, -0.2) is 5.67 Å². The van der Waals surface area contributed by atoms with E-state index in [1.807, 2.05) is 6.92 Å². The molecule has 1 saturated carbocycles. The molecular formula is C16H31F. The van der Waals surface area contributed by atoms with Crippen molar-refractivity contribution >= 4 is 0 Å². The van der Waals surface area contributed by atoms with E-state index in [1.54, 1.807) is 0 Å². The lowest BCUT2D eigenvalue weighted by atomic mass is 9.93. The molecule has 102 valence electrons. The summed E-state index contributed by atoms with van der Waals surface area (Å²) in [7, 11) is 0. The molecule has 0 aromatic heterocycles. The van der Waals surface area contributed by atoms with Crippen molar-refractivity contribution in [2.75, 3.05) is 0 Å². The van der Waals surface area contributed by atoms with Crippen LogP contribution in [0.1, 0.15) is 96.8 Å². The van der Waals surface area contributed by atoms with Gasteiger partial charge in [-0.25, -0.2) is 4.39 Å². The highest BCUT2D eigenvalue weighted by Gasteiger charge is 2.21. The van der Waals surface area contributed by atoms with E-state index in [0.717, 1.165) is 25.7 Å². The van der Waals surface area contributed by atoms with E-state index in [1.165, 1.54) is 64.2 Å². The molecule has 1 aliphatic rings. The van der Waals surface area contributed by atoms with Crippen molar-refractivity contribution in [1.29, 1.82) is 0 Å². The molecule has 0 N–H and O–H groups in total. The van der Waals surface area contributed by atoms with Crippen LogP contribution in [-0.2, 0) is 0 Å². The van der Waals surface area contributed by atoms with Gasteiger partial charge in [0.1, 0.15) is 5.67 Å². The Morgan fingerprint density at radius 1 is 0.529 bits per heavy atom. The van der Waals surface area contributed by atoms with Gasteiger partial charge in [0.05, 0.1) is 0 Å². The molecule has 17 heavy (non-hydrogen) atoms. The molecule has 1 rings (SSSR count). The van der Waals surface area contributed by atoms with Crippen LogP contribution in [0.15, 0.2) is 0 Å². The Morgan fingerprint density at radius 2 is 0.765 bits per heavy atom. The van der Waals surface area contributed by atoms with Gasteiger partial charge in [-0.3, -0.25) is 0 Å². The average Bonchev–Trinajstić information content (AvgIpc) is 2.29. The lowest BCUT2D eigenvalue weighted by Gasteiger charge is -2.20. The van der Waals surface area contributed by atoms with Crippen molar-refractivity contribution in [2.24, 2.45) is 0 Å². The Morgan fingerprint density at radius 3 is 1.06 bits per heavy atom. The second-order valence-corrected chi connectivity index (χ2v) is 6.16. The van der Waals surface area contributed by atoms with Gasteiger partial charge in [-0.15, -0.1) is 0 Å². The van der Waals surface area contributed by atoms with Crippen molar-refractivity contribution < 1.29 is 4.39 Å². The van der Waals surface area contributed by atoms with E-state index in [-0.39, 0.29) is 0 Å². The van der Waals surface area contributed by atoms with Crippen molar-refractivity contribution in [2.45, 2.75) is 102 Å². The van der Waals surface area contributed by atoms with E-state index < -0.39 is 5.67 Å². The van der Waals surface area contributed by atoms with Crippen LogP contribution in [0, 0.1) is 0 Å². The predicted molar refractivity (Wildman–Crippen MR) is 74.2 cm³/mol. The third-order valence-corrected chi connectivity index (χ3v) is 4.15. The van der Waals surface area contributed by atoms with Crippen LogP contribution >= 0.6 is 0 Å². The van der Waals surface area contributed by atoms with E-state index in [0.29, 0.717) is 0 Å². The Labute approximate surface area is 107 Å². The zero-order chi connectivity index (χ0) is 12.4. The molecule has 0 unspecified atom stereocenters. The number of halogens is 1. The molecule has 1 aliphatic carbocycles. The second-order valence-electron chi connectivity index (χ2n) is 6.16. The molecular weight excluding hydrogens is 211 g/mol. The lowest BCUT2D eigenvalue weighted by molar-refractivity contribution is 0.151. The largest absolute Gasteiger partial charge is 0.244 e. The van der Waals surface area contributed by atoms with Gasteiger partial charge in [0, 0.05) is 0 Å². The average molecular weight is 242 g/mol. The quantitative estimate of drug-likeness (QED) is 0.475. The van der Waals surface area contributed by atoms with Crippen molar-refractivity contribution in [1.82, 2.24) is 0 Å². The summed E-state index contributed by atoms with van der Waals surface area (Å²) in [5.41, 5.74) is -0.889. The van der Waals surface area contributed by atoms with E-state index >= 15 is 0 Å². The normalized spacial score (nSPS) is 25.8. The number of alkyl halides is 1. The molecule has 0 bridgehead atoms. The highest BCUT2D eigenvalue weighted by molar-refractivity contribution is 4.73. The first-order valence-electron chi connectivity index (χ1n) is 7.90. The molecule has 0 amide bonds. The Bertz CT molecular complexity index is 156. The SMILES string of the molecule is CC1(F)CCCCCCCCCCCCCC1. The molecule has 0 aromatic carbocycles. The van der Waals surface area contributed by atoms with Gasteiger partial charge in [0.25, 0.3) is 0 Å². The molecule has 1 heteroatoms. The van der Waals surface area contributed by atoms with Gasteiger partial charge in [-0.2, -0.15) is 0 Å². The maximum absolute atomic E-state index is 14.1. The van der Waals surface area contributed by atoms with Gasteiger partial charge in [-0.1, -0.05) is 77.0 Å². The van der Waals surface area contributed by atoms with Crippen LogP contribution < -0.4 is 0 Å². The van der Waals surface area contributed by atoms with Gasteiger partial charge >= 0.3 is 0 Å². The Balaban J connectivity index is 2.22. The fraction of sp³-hybridized carbons (Fsp3) is 1.00. The van der Waals surface area contributed by atoms with Gasteiger partial charge in [0.2, 0.25) is 0 Å². The van der Waals surface area contributed by atoms with Crippen LogP contribution in [0.5, 0.6) is 0 Å². The molecule has 0 spiro atoms. The summed E-state index contributed by atoms with van der Waals surface area (Å²) < 4.78 is 14.1.